The monoisotopic (exact) mass is 247 g/mol. The Morgan fingerprint density at radius 2 is 1.89 bits per heavy atom. The number of aryl methyl sites for hydroxylation is 1. The van der Waals surface area contributed by atoms with E-state index in [1.54, 1.807) is 18.2 Å². The van der Waals surface area contributed by atoms with Crippen LogP contribution in [0.1, 0.15) is 49.0 Å². The minimum atomic E-state index is 0.0324. The minimum Gasteiger partial charge on any atom is -0.508 e. The van der Waals surface area contributed by atoms with E-state index in [-0.39, 0.29) is 23.7 Å². The molecule has 1 saturated heterocycles. The minimum absolute atomic E-state index is 0.0324. The van der Waals surface area contributed by atoms with Gasteiger partial charge in [-0.1, -0.05) is 6.07 Å². The number of piperidine rings is 1. The SMILES string of the molecule is Cc1ccc(C(=O)N2[C@H](C)CCC[C@@H]2C)cc1O. The Balaban J connectivity index is 2.26. The van der Waals surface area contributed by atoms with E-state index in [0.29, 0.717) is 5.56 Å². The molecule has 1 aliphatic rings. The standard InChI is InChI=1S/C15H21NO2/c1-10-7-8-13(9-14(10)17)15(18)16-11(2)5-4-6-12(16)3/h7-9,11-12,17H,4-6H2,1-3H3/t11-,12+. The zero-order valence-corrected chi connectivity index (χ0v) is 11.3. The van der Waals surface area contributed by atoms with Crippen LogP contribution in [0, 0.1) is 6.92 Å². The number of hydrogen-bond donors (Lipinski definition) is 1. The van der Waals surface area contributed by atoms with Crippen molar-refractivity contribution in [2.45, 2.75) is 52.1 Å². The number of rotatable bonds is 1. The highest BCUT2D eigenvalue weighted by molar-refractivity contribution is 5.95. The second-order valence-corrected chi connectivity index (χ2v) is 5.34. The van der Waals surface area contributed by atoms with Crippen molar-refractivity contribution in [3.63, 3.8) is 0 Å². The first-order chi connectivity index (χ1) is 8.50. The molecule has 2 rings (SSSR count). The van der Waals surface area contributed by atoms with Crippen LogP contribution in [0.25, 0.3) is 0 Å². The summed E-state index contributed by atoms with van der Waals surface area (Å²) in [7, 11) is 0. The smallest absolute Gasteiger partial charge is 0.254 e. The molecule has 0 aliphatic carbocycles. The lowest BCUT2D eigenvalue weighted by atomic mass is 9.96. The van der Waals surface area contributed by atoms with Gasteiger partial charge in [0, 0.05) is 17.6 Å². The van der Waals surface area contributed by atoms with Crippen molar-refractivity contribution in [1.29, 1.82) is 0 Å². The van der Waals surface area contributed by atoms with Crippen LogP contribution in [0.3, 0.4) is 0 Å². The molecule has 18 heavy (non-hydrogen) atoms. The number of phenols is 1. The zero-order valence-electron chi connectivity index (χ0n) is 11.3. The molecule has 0 bridgehead atoms. The van der Waals surface area contributed by atoms with Gasteiger partial charge in [-0.3, -0.25) is 4.79 Å². The Hall–Kier alpha value is -1.51. The van der Waals surface area contributed by atoms with E-state index in [9.17, 15) is 9.90 Å². The molecule has 2 atom stereocenters. The van der Waals surface area contributed by atoms with Gasteiger partial charge >= 0.3 is 0 Å². The highest BCUT2D eigenvalue weighted by atomic mass is 16.3. The molecule has 0 unspecified atom stereocenters. The van der Waals surface area contributed by atoms with Crippen molar-refractivity contribution in [2.24, 2.45) is 0 Å². The normalized spacial score (nSPS) is 24.1. The molecular weight excluding hydrogens is 226 g/mol. The summed E-state index contributed by atoms with van der Waals surface area (Å²) in [5.41, 5.74) is 1.38. The summed E-state index contributed by atoms with van der Waals surface area (Å²) in [6, 6.07) is 5.73. The summed E-state index contributed by atoms with van der Waals surface area (Å²) in [4.78, 5) is 14.5. The van der Waals surface area contributed by atoms with Crippen molar-refractivity contribution in [1.82, 2.24) is 4.90 Å². The van der Waals surface area contributed by atoms with Gasteiger partial charge < -0.3 is 10.0 Å². The van der Waals surface area contributed by atoms with E-state index in [4.69, 9.17) is 0 Å². The summed E-state index contributed by atoms with van der Waals surface area (Å²) < 4.78 is 0. The maximum atomic E-state index is 12.5. The summed E-state index contributed by atoms with van der Waals surface area (Å²) in [5, 5.41) is 9.71. The predicted octanol–water partition coefficient (Wildman–Crippen LogP) is 3.10. The van der Waals surface area contributed by atoms with Crippen LogP contribution in [-0.2, 0) is 0 Å². The fourth-order valence-electron chi connectivity index (χ4n) is 2.71. The molecule has 1 heterocycles. The second kappa shape index (κ2) is 5.01. The first-order valence-electron chi connectivity index (χ1n) is 6.63. The fraction of sp³-hybridized carbons (Fsp3) is 0.533. The van der Waals surface area contributed by atoms with Gasteiger partial charge in [-0.2, -0.15) is 0 Å². The largest absolute Gasteiger partial charge is 0.508 e. The molecule has 0 saturated carbocycles. The van der Waals surface area contributed by atoms with Gasteiger partial charge in [0.2, 0.25) is 0 Å². The summed E-state index contributed by atoms with van der Waals surface area (Å²) in [6.45, 7) is 6.03. The predicted molar refractivity (Wildman–Crippen MR) is 71.8 cm³/mol. The van der Waals surface area contributed by atoms with Crippen LogP contribution in [0.15, 0.2) is 18.2 Å². The Kier molecular flexibility index (Phi) is 3.60. The lowest BCUT2D eigenvalue weighted by Gasteiger charge is -2.39. The molecule has 1 aromatic rings. The topological polar surface area (TPSA) is 40.5 Å². The number of carbonyl (C=O) groups excluding carboxylic acids is 1. The highest BCUT2D eigenvalue weighted by Gasteiger charge is 2.29. The highest BCUT2D eigenvalue weighted by Crippen LogP contribution is 2.26. The number of hydrogen-bond acceptors (Lipinski definition) is 2. The van der Waals surface area contributed by atoms with Crippen LogP contribution in [-0.4, -0.2) is 28.0 Å². The molecule has 3 heteroatoms. The van der Waals surface area contributed by atoms with Gasteiger partial charge in [-0.15, -0.1) is 0 Å². The van der Waals surface area contributed by atoms with E-state index in [0.717, 1.165) is 18.4 Å². The second-order valence-electron chi connectivity index (χ2n) is 5.34. The van der Waals surface area contributed by atoms with Crippen LogP contribution in [0.2, 0.25) is 0 Å². The summed E-state index contributed by atoms with van der Waals surface area (Å²) in [5.74, 6) is 0.225. The van der Waals surface area contributed by atoms with E-state index >= 15 is 0 Å². The third-order valence-corrected chi connectivity index (χ3v) is 3.88. The van der Waals surface area contributed by atoms with E-state index in [1.807, 2.05) is 11.8 Å². The molecule has 1 N–H and O–H groups in total. The van der Waals surface area contributed by atoms with E-state index in [2.05, 4.69) is 13.8 Å². The molecule has 0 radical (unpaired) electrons. The van der Waals surface area contributed by atoms with Crippen LogP contribution < -0.4 is 0 Å². The number of carbonyl (C=O) groups is 1. The average Bonchev–Trinajstić information content (AvgIpc) is 2.32. The molecular formula is C15H21NO2. The van der Waals surface area contributed by atoms with Gasteiger partial charge in [0.25, 0.3) is 5.91 Å². The Morgan fingerprint density at radius 1 is 1.28 bits per heavy atom. The lowest BCUT2D eigenvalue weighted by Crippen LogP contribution is -2.47. The molecule has 1 fully saturated rings. The molecule has 98 valence electrons. The van der Waals surface area contributed by atoms with E-state index in [1.165, 1.54) is 6.42 Å². The maximum Gasteiger partial charge on any atom is 0.254 e. The van der Waals surface area contributed by atoms with Gasteiger partial charge in [0.05, 0.1) is 0 Å². The summed E-state index contributed by atoms with van der Waals surface area (Å²) >= 11 is 0. The van der Waals surface area contributed by atoms with Crippen LogP contribution in [0.5, 0.6) is 5.75 Å². The summed E-state index contributed by atoms with van der Waals surface area (Å²) in [6.07, 6.45) is 3.31. The van der Waals surface area contributed by atoms with Crippen molar-refractivity contribution >= 4 is 5.91 Å². The van der Waals surface area contributed by atoms with Gasteiger partial charge in [-0.05, 0) is 57.7 Å². The molecule has 1 aromatic carbocycles. The Labute approximate surface area is 108 Å². The number of aromatic hydroxyl groups is 1. The van der Waals surface area contributed by atoms with Crippen molar-refractivity contribution in [3.05, 3.63) is 29.3 Å². The van der Waals surface area contributed by atoms with Crippen LogP contribution >= 0.6 is 0 Å². The van der Waals surface area contributed by atoms with E-state index < -0.39 is 0 Å². The Bertz CT molecular complexity index is 446. The van der Waals surface area contributed by atoms with Gasteiger partial charge in [0.15, 0.2) is 0 Å². The van der Waals surface area contributed by atoms with Crippen molar-refractivity contribution in [2.75, 3.05) is 0 Å². The molecule has 1 aliphatic heterocycles. The Morgan fingerprint density at radius 3 is 2.44 bits per heavy atom. The van der Waals surface area contributed by atoms with Crippen molar-refractivity contribution < 1.29 is 9.90 Å². The van der Waals surface area contributed by atoms with Crippen LogP contribution in [0.4, 0.5) is 0 Å². The number of likely N-dealkylation sites (tertiary alicyclic amines) is 1. The van der Waals surface area contributed by atoms with Crippen molar-refractivity contribution in [3.8, 4) is 5.75 Å². The fourth-order valence-corrected chi connectivity index (χ4v) is 2.71. The lowest BCUT2D eigenvalue weighted by molar-refractivity contribution is 0.0510. The quantitative estimate of drug-likeness (QED) is 0.828. The molecule has 0 aromatic heterocycles. The van der Waals surface area contributed by atoms with Gasteiger partial charge in [-0.25, -0.2) is 0 Å². The number of phenolic OH excluding ortho intramolecular Hbond substituents is 1. The number of amides is 1. The number of benzene rings is 1. The molecule has 0 spiro atoms. The third-order valence-electron chi connectivity index (χ3n) is 3.88. The zero-order chi connectivity index (χ0) is 13.3. The molecule has 1 amide bonds. The number of nitrogens with zero attached hydrogens (tertiary/aromatic N) is 1. The average molecular weight is 247 g/mol. The van der Waals surface area contributed by atoms with Gasteiger partial charge in [0.1, 0.15) is 5.75 Å². The maximum absolute atomic E-state index is 12.5. The first kappa shape index (κ1) is 12.9. The molecule has 3 nitrogen and oxygen atoms in total. The first-order valence-corrected chi connectivity index (χ1v) is 6.63. The third kappa shape index (κ3) is 2.35.